The standard InChI is InChI=1S/2C15H11.4ClH.2Zr/c2*1-2-6-12(7-3-1)15-10-13-8-4-5-9-14(13)11-15;;;;;;/h2*1-11H;4*1H;;/q2*-1;;;;;2*+2/p-4. The number of halogens is 4. The number of rotatable bonds is 2. The quantitative estimate of drug-likeness (QED) is 0.157. The molecule has 0 unspecified atom stereocenters. The molecule has 0 saturated carbocycles. The molecule has 6 aromatic rings. The smallest absolute Gasteiger partial charge is 0.0635 e. The van der Waals surface area contributed by atoms with Crippen LogP contribution < -0.4 is 0 Å². The third-order valence-corrected chi connectivity index (χ3v) is 5.45. The summed E-state index contributed by atoms with van der Waals surface area (Å²) in [5.41, 5.74) is 5.18. The topological polar surface area (TPSA) is 0 Å². The van der Waals surface area contributed by atoms with Crippen LogP contribution in [0.3, 0.4) is 0 Å². The van der Waals surface area contributed by atoms with Crippen LogP contribution in [0.25, 0.3) is 43.8 Å². The van der Waals surface area contributed by atoms with Crippen LogP contribution in [0.15, 0.2) is 133 Å². The molecular weight excluding hydrogens is 685 g/mol. The molecule has 0 atom stereocenters. The molecule has 6 heteroatoms. The van der Waals surface area contributed by atoms with Crippen molar-refractivity contribution in [3.05, 3.63) is 133 Å². The van der Waals surface area contributed by atoms with Crippen molar-refractivity contribution in [3.63, 3.8) is 0 Å². The van der Waals surface area contributed by atoms with Crippen LogP contribution in [0.5, 0.6) is 0 Å². The van der Waals surface area contributed by atoms with Crippen LogP contribution in [-0.4, -0.2) is 0 Å². The van der Waals surface area contributed by atoms with Crippen LogP contribution in [0.1, 0.15) is 0 Å². The van der Waals surface area contributed by atoms with Crippen molar-refractivity contribution in [2.24, 2.45) is 0 Å². The van der Waals surface area contributed by atoms with E-state index >= 15 is 0 Å². The molecule has 0 aliphatic heterocycles. The Balaban J connectivity index is 0.000000165. The van der Waals surface area contributed by atoms with Gasteiger partial charge < -0.3 is 0 Å². The van der Waals surface area contributed by atoms with Crippen molar-refractivity contribution in [1.82, 2.24) is 0 Å². The maximum absolute atomic E-state index is 4.93. The zero-order chi connectivity index (χ0) is 25.6. The summed E-state index contributed by atoms with van der Waals surface area (Å²) in [6, 6.07) is 46.9. The molecule has 0 bridgehead atoms. The SMILES string of the molecule is [Cl][Zr][Cl].[Cl][Zr][Cl].c1ccc(-c2cc3ccccc3[cH-]2)cc1.c1ccc(-c2cc3ccccc3[cH-]2)cc1. The van der Waals surface area contributed by atoms with E-state index < -0.39 is 41.7 Å². The normalized spacial score (nSPS) is 9.67. The van der Waals surface area contributed by atoms with E-state index in [4.69, 9.17) is 34.1 Å². The summed E-state index contributed by atoms with van der Waals surface area (Å²) in [6.07, 6.45) is 0. The molecule has 0 aromatic heterocycles. The molecule has 0 amide bonds. The molecule has 36 heavy (non-hydrogen) atoms. The second-order valence-corrected chi connectivity index (χ2v) is 15.1. The predicted molar refractivity (Wildman–Crippen MR) is 153 cm³/mol. The third-order valence-electron chi connectivity index (χ3n) is 5.45. The second kappa shape index (κ2) is 16.8. The zero-order valence-corrected chi connectivity index (χ0v) is 27.2. The van der Waals surface area contributed by atoms with E-state index in [0.717, 1.165) is 0 Å². The molecule has 0 nitrogen and oxygen atoms in total. The number of hydrogen-bond acceptors (Lipinski definition) is 0. The Morgan fingerprint density at radius 3 is 1.06 bits per heavy atom. The monoisotopic (exact) mass is 702 g/mol. The van der Waals surface area contributed by atoms with E-state index in [-0.39, 0.29) is 0 Å². The summed E-state index contributed by atoms with van der Waals surface area (Å²) in [5, 5.41) is 5.26. The van der Waals surface area contributed by atoms with E-state index in [2.05, 4.69) is 121 Å². The van der Waals surface area contributed by atoms with Gasteiger partial charge in [0.1, 0.15) is 0 Å². The Morgan fingerprint density at radius 2 is 0.722 bits per heavy atom. The van der Waals surface area contributed by atoms with Gasteiger partial charge in [-0.2, -0.15) is 0 Å². The molecule has 0 spiro atoms. The molecule has 0 heterocycles. The largest absolute Gasteiger partial charge is 0.145 e. The van der Waals surface area contributed by atoms with Crippen molar-refractivity contribution in [1.29, 1.82) is 0 Å². The van der Waals surface area contributed by atoms with Crippen molar-refractivity contribution < 1.29 is 41.7 Å². The maximum atomic E-state index is 4.93. The van der Waals surface area contributed by atoms with Gasteiger partial charge in [-0.3, -0.25) is 0 Å². The van der Waals surface area contributed by atoms with E-state index in [9.17, 15) is 0 Å². The van der Waals surface area contributed by atoms with E-state index in [1.807, 2.05) is 12.1 Å². The first-order chi connectivity index (χ1) is 17.7. The summed E-state index contributed by atoms with van der Waals surface area (Å²) in [7, 11) is 19.7. The zero-order valence-electron chi connectivity index (χ0n) is 19.2. The summed E-state index contributed by atoms with van der Waals surface area (Å²) >= 11 is -1.65. The summed E-state index contributed by atoms with van der Waals surface area (Å²) in [6.45, 7) is 0. The Kier molecular flexibility index (Phi) is 13.8. The first-order valence-electron chi connectivity index (χ1n) is 11.0. The third kappa shape index (κ3) is 9.10. The Hall–Kier alpha value is -0.974. The molecule has 0 aliphatic carbocycles. The van der Waals surface area contributed by atoms with Gasteiger partial charge in [0.2, 0.25) is 0 Å². The van der Waals surface area contributed by atoms with Crippen LogP contribution in [0.2, 0.25) is 0 Å². The molecule has 0 N–H and O–H groups in total. The molecule has 0 saturated heterocycles. The number of fused-ring (bicyclic) bond motifs is 2. The summed E-state index contributed by atoms with van der Waals surface area (Å²) < 4.78 is 0. The second-order valence-electron chi connectivity index (χ2n) is 7.62. The minimum atomic E-state index is -0.826. The van der Waals surface area contributed by atoms with Gasteiger partial charge in [0.05, 0.1) is 0 Å². The van der Waals surface area contributed by atoms with Gasteiger partial charge in [-0.1, -0.05) is 108 Å². The van der Waals surface area contributed by atoms with Gasteiger partial charge in [-0.05, 0) is 0 Å². The van der Waals surface area contributed by atoms with Crippen LogP contribution in [0.4, 0.5) is 0 Å². The fourth-order valence-corrected chi connectivity index (χ4v) is 3.90. The molecular formula is C30H22Cl4Zr2-2. The first-order valence-corrected chi connectivity index (χ1v) is 23.7. The van der Waals surface area contributed by atoms with Gasteiger partial charge in [0.15, 0.2) is 0 Å². The van der Waals surface area contributed by atoms with Crippen LogP contribution in [-0.2, 0) is 41.7 Å². The fraction of sp³-hybridized carbons (Fsp3) is 0. The average Bonchev–Trinajstić information content (AvgIpc) is 3.56. The molecule has 180 valence electrons. The Morgan fingerprint density at radius 1 is 0.417 bits per heavy atom. The maximum Gasteiger partial charge on any atom is -0.0635 e. The minimum absolute atomic E-state index is 0.826. The van der Waals surface area contributed by atoms with E-state index in [1.165, 1.54) is 43.8 Å². The van der Waals surface area contributed by atoms with Crippen molar-refractivity contribution in [2.75, 3.05) is 0 Å². The van der Waals surface area contributed by atoms with Crippen molar-refractivity contribution >= 4 is 55.6 Å². The van der Waals surface area contributed by atoms with Crippen molar-refractivity contribution in [2.45, 2.75) is 0 Å². The molecule has 0 fully saturated rings. The first kappa shape index (κ1) is 29.6. The number of hydrogen-bond donors (Lipinski definition) is 0. The van der Waals surface area contributed by atoms with Crippen LogP contribution >= 0.6 is 34.1 Å². The molecule has 0 radical (unpaired) electrons. The van der Waals surface area contributed by atoms with Gasteiger partial charge in [0, 0.05) is 0 Å². The summed E-state index contributed by atoms with van der Waals surface area (Å²) in [5.74, 6) is 0. The van der Waals surface area contributed by atoms with Crippen LogP contribution in [0, 0.1) is 0 Å². The van der Waals surface area contributed by atoms with E-state index in [1.54, 1.807) is 0 Å². The average molecular weight is 707 g/mol. The summed E-state index contributed by atoms with van der Waals surface area (Å²) in [4.78, 5) is 0. The van der Waals surface area contributed by atoms with Crippen molar-refractivity contribution in [3.8, 4) is 22.3 Å². The Bertz CT molecular complexity index is 1250. The van der Waals surface area contributed by atoms with Gasteiger partial charge >= 0.3 is 75.7 Å². The fourth-order valence-electron chi connectivity index (χ4n) is 3.90. The predicted octanol–water partition coefficient (Wildman–Crippen LogP) is 11.2. The van der Waals surface area contributed by atoms with E-state index in [0.29, 0.717) is 0 Å². The Labute approximate surface area is 250 Å². The van der Waals surface area contributed by atoms with Gasteiger partial charge in [-0.15, -0.1) is 69.1 Å². The minimum Gasteiger partial charge on any atom is -0.145 e. The molecule has 6 aromatic carbocycles. The molecule has 0 aliphatic rings. The number of benzene rings is 4. The van der Waals surface area contributed by atoms with Gasteiger partial charge in [0.25, 0.3) is 0 Å². The molecule has 6 rings (SSSR count). The van der Waals surface area contributed by atoms with Gasteiger partial charge in [-0.25, -0.2) is 0 Å².